The van der Waals surface area contributed by atoms with Crippen LogP contribution >= 0.6 is 0 Å². The van der Waals surface area contributed by atoms with Gasteiger partial charge in [-0.15, -0.1) is 0 Å². The quantitative estimate of drug-likeness (QED) is 0.850. The maximum Gasteiger partial charge on any atom is 0.416 e. The fraction of sp³-hybridized carbons (Fsp3) is 0.333. The van der Waals surface area contributed by atoms with Gasteiger partial charge in [-0.2, -0.15) is 18.3 Å². The van der Waals surface area contributed by atoms with Crippen LogP contribution in [0.2, 0.25) is 0 Å². The molecule has 1 aliphatic rings. The van der Waals surface area contributed by atoms with E-state index in [0.717, 1.165) is 30.7 Å². The Morgan fingerprint density at radius 1 is 1.24 bits per heavy atom. The second-order valence-corrected chi connectivity index (χ2v) is 5.16. The number of ketones is 1. The Hall–Kier alpha value is -2.11. The zero-order valence-electron chi connectivity index (χ0n) is 11.2. The molecule has 3 rings (SSSR count). The molecule has 3 nitrogen and oxygen atoms in total. The first-order valence-electron chi connectivity index (χ1n) is 6.69. The van der Waals surface area contributed by atoms with Gasteiger partial charge in [-0.3, -0.25) is 9.48 Å². The summed E-state index contributed by atoms with van der Waals surface area (Å²) >= 11 is 0. The number of aryl methyl sites for hydroxylation is 1. The average molecular weight is 294 g/mol. The summed E-state index contributed by atoms with van der Waals surface area (Å²) in [5.74, 6) is 0.0616. The van der Waals surface area contributed by atoms with Crippen LogP contribution in [-0.2, 0) is 19.1 Å². The minimum Gasteiger partial charge on any atom is -0.294 e. The molecule has 1 heterocycles. The van der Waals surface area contributed by atoms with Gasteiger partial charge in [0.05, 0.1) is 23.4 Å². The van der Waals surface area contributed by atoms with Gasteiger partial charge in [-0.1, -0.05) is 12.1 Å². The van der Waals surface area contributed by atoms with Crippen molar-refractivity contribution in [3.8, 4) is 0 Å². The molecule has 0 aliphatic heterocycles. The van der Waals surface area contributed by atoms with E-state index in [-0.39, 0.29) is 12.3 Å². The molecule has 0 saturated carbocycles. The number of rotatable bonds is 2. The third-order valence-electron chi connectivity index (χ3n) is 3.55. The molecule has 0 unspecified atom stereocenters. The Kier molecular flexibility index (Phi) is 3.31. The predicted octanol–water partition coefficient (Wildman–Crippen LogP) is 3.47. The first kappa shape index (κ1) is 13.9. The summed E-state index contributed by atoms with van der Waals surface area (Å²) in [6.45, 7) is 0.226. The monoisotopic (exact) mass is 294 g/mol. The summed E-state index contributed by atoms with van der Waals surface area (Å²) in [7, 11) is 0. The Labute approximate surface area is 119 Å². The zero-order valence-corrected chi connectivity index (χ0v) is 11.2. The molecule has 0 bridgehead atoms. The summed E-state index contributed by atoms with van der Waals surface area (Å²) in [5.41, 5.74) is 1.19. The molecule has 1 aromatic carbocycles. The van der Waals surface area contributed by atoms with Crippen molar-refractivity contribution in [2.24, 2.45) is 0 Å². The molecule has 21 heavy (non-hydrogen) atoms. The number of nitrogens with zero attached hydrogens (tertiary/aromatic N) is 2. The molecule has 2 aromatic rings. The number of alkyl halides is 3. The molecule has 0 atom stereocenters. The lowest BCUT2D eigenvalue weighted by molar-refractivity contribution is -0.137. The van der Waals surface area contributed by atoms with E-state index < -0.39 is 11.7 Å². The van der Waals surface area contributed by atoms with Crippen LogP contribution in [0, 0.1) is 0 Å². The minimum absolute atomic E-state index is 0.0616. The van der Waals surface area contributed by atoms with E-state index in [4.69, 9.17) is 0 Å². The lowest BCUT2D eigenvalue weighted by atomic mass is 9.97. The van der Waals surface area contributed by atoms with Gasteiger partial charge in [0.25, 0.3) is 0 Å². The van der Waals surface area contributed by atoms with Gasteiger partial charge in [0.1, 0.15) is 0 Å². The SMILES string of the molecule is O=C1CCCc2nn(Cc3cccc(C(F)(F)F)c3)cc21. The van der Waals surface area contributed by atoms with Gasteiger partial charge in [0.15, 0.2) is 5.78 Å². The number of hydrogen-bond donors (Lipinski definition) is 0. The van der Waals surface area contributed by atoms with Crippen LogP contribution in [-0.4, -0.2) is 15.6 Å². The number of halogens is 3. The number of carbonyl (C=O) groups is 1. The molecule has 110 valence electrons. The fourth-order valence-corrected chi connectivity index (χ4v) is 2.54. The molecule has 6 heteroatoms. The average Bonchev–Trinajstić information content (AvgIpc) is 2.82. The van der Waals surface area contributed by atoms with Crippen molar-refractivity contribution in [2.75, 3.05) is 0 Å². The Morgan fingerprint density at radius 2 is 2.05 bits per heavy atom. The Bertz CT molecular complexity index is 688. The summed E-state index contributed by atoms with van der Waals surface area (Å²) in [5, 5.41) is 4.30. The second-order valence-electron chi connectivity index (χ2n) is 5.16. The van der Waals surface area contributed by atoms with Crippen molar-refractivity contribution in [1.82, 2.24) is 9.78 Å². The number of benzene rings is 1. The fourth-order valence-electron chi connectivity index (χ4n) is 2.54. The molecule has 0 N–H and O–H groups in total. The van der Waals surface area contributed by atoms with Gasteiger partial charge >= 0.3 is 6.18 Å². The molecule has 0 spiro atoms. The van der Waals surface area contributed by atoms with Crippen molar-refractivity contribution in [2.45, 2.75) is 32.0 Å². The van der Waals surface area contributed by atoms with E-state index in [2.05, 4.69) is 5.10 Å². The van der Waals surface area contributed by atoms with E-state index >= 15 is 0 Å². The highest BCUT2D eigenvalue weighted by Crippen LogP contribution is 2.29. The van der Waals surface area contributed by atoms with Crippen LogP contribution in [0.4, 0.5) is 13.2 Å². The third kappa shape index (κ3) is 2.84. The van der Waals surface area contributed by atoms with Crippen molar-refractivity contribution in [3.05, 3.63) is 52.8 Å². The largest absolute Gasteiger partial charge is 0.416 e. The molecule has 0 fully saturated rings. The molecule has 0 radical (unpaired) electrons. The Balaban J connectivity index is 1.86. The van der Waals surface area contributed by atoms with Gasteiger partial charge in [-0.05, 0) is 30.5 Å². The van der Waals surface area contributed by atoms with Crippen molar-refractivity contribution in [1.29, 1.82) is 0 Å². The lowest BCUT2D eigenvalue weighted by Crippen LogP contribution is -2.08. The molecular weight excluding hydrogens is 281 g/mol. The number of aromatic nitrogens is 2. The van der Waals surface area contributed by atoms with Crippen LogP contribution in [0.15, 0.2) is 30.5 Å². The van der Waals surface area contributed by atoms with E-state index in [1.165, 1.54) is 6.07 Å². The first-order chi connectivity index (χ1) is 9.93. The molecular formula is C15H13F3N2O. The number of hydrogen-bond acceptors (Lipinski definition) is 2. The highest BCUT2D eigenvalue weighted by atomic mass is 19.4. The van der Waals surface area contributed by atoms with Crippen LogP contribution in [0.1, 0.15) is 40.0 Å². The van der Waals surface area contributed by atoms with Gasteiger partial charge in [0, 0.05) is 12.6 Å². The van der Waals surface area contributed by atoms with E-state index in [1.807, 2.05) is 0 Å². The van der Waals surface area contributed by atoms with Crippen molar-refractivity contribution in [3.63, 3.8) is 0 Å². The number of carbonyl (C=O) groups excluding carboxylic acids is 1. The van der Waals surface area contributed by atoms with Crippen LogP contribution in [0.25, 0.3) is 0 Å². The molecule has 1 aromatic heterocycles. The summed E-state index contributed by atoms with van der Waals surface area (Å²) in [4.78, 5) is 11.7. The normalized spacial score (nSPS) is 15.1. The van der Waals surface area contributed by atoms with Crippen molar-refractivity contribution >= 4 is 5.78 Å². The molecule has 0 saturated heterocycles. The first-order valence-corrected chi connectivity index (χ1v) is 6.69. The predicted molar refractivity (Wildman–Crippen MR) is 70.0 cm³/mol. The van der Waals surface area contributed by atoms with Crippen molar-refractivity contribution < 1.29 is 18.0 Å². The zero-order chi connectivity index (χ0) is 15.0. The number of Topliss-reactive ketones (excluding diaryl/α,β-unsaturated/α-hetero) is 1. The maximum absolute atomic E-state index is 12.7. The van der Waals surface area contributed by atoms with Crippen LogP contribution < -0.4 is 0 Å². The van der Waals surface area contributed by atoms with Crippen LogP contribution in [0.5, 0.6) is 0 Å². The minimum atomic E-state index is -4.35. The topological polar surface area (TPSA) is 34.9 Å². The van der Waals surface area contributed by atoms with E-state index in [9.17, 15) is 18.0 Å². The maximum atomic E-state index is 12.7. The summed E-state index contributed by atoms with van der Waals surface area (Å²) < 4.78 is 39.6. The van der Waals surface area contributed by atoms with Gasteiger partial charge < -0.3 is 0 Å². The standard InChI is InChI=1S/C15H13F3N2O/c16-15(17,18)11-4-1-3-10(7-11)8-20-9-12-13(19-20)5-2-6-14(12)21/h1,3-4,7,9H,2,5-6,8H2. The second kappa shape index (κ2) is 5.02. The van der Waals surface area contributed by atoms with Gasteiger partial charge in [-0.25, -0.2) is 0 Å². The lowest BCUT2D eigenvalue weighted by Gasteiger charge is -2.08. The van der Waals surface area contributed by atoms with Crippen LogP contribution in [0.3, 0.4) is 0 Å². The van der Waals surface area contributed by atoms with E-state index in [1.54, 1.807) is 16.9 Å². The number of fused-ring (bicyclic) bond motifs is 1. The highest BCUT2D eigenvalue weighted by Gasteiger charge is 2.30. The van der Waals surface area contributed by atoms with E-state index in [0.29, 0.717) is 17.5 Å². The Morgan fingerprint density at radius 3 is 2.76 bits per heavy atom. The van der Waals surface area contributed by atoms with Gasteiger partial charge in [0.2, 0.25) is 0 Å². The highest BCUT2D eigenvalue weighted by molar-refractivity contribution is 5.97. The smallest absolute Gasteiger partial charge is 0.294 e. The summed E-state index contributed by atoms with van der Waals surface area (Å²) in [6, 6.07) is 5.16. The molecule has 1 aliphatic carbocycles. The summed E-state index contributed by atoms with van der Waals surface area (Å²) in [6.07, 6.45) is -0.669. The molecule has 0 amide bonds. The third-order valence-corrected chi connectivity index (χ3v) is 3.55.